The Labute approximate surface area is 132 Å². The van der Waals surface area contributed by atoms with E-state index in [4.69, 9.17) is 25.8 Å². The molecule has 0 aromatic heterocycles. The molecular formula is C16H24ClNO3. The zero-order chi connectivity index (χ0) is 15.8. The quantitative estimate of drug-likeness (QED) is 0.794. The summed E-state index contributed by atoms with van der Waals surface area (Å²) in [6, 6.07) is 4.31. The summed E-state index contributed by atoms with van der Waals surface area (Å²) in [4.78, 5) is 0. The highest BCUT2D eigenvalue weighted by atomic mass is 35.5. The lowest BCUT2D eigenvalue weighted by molar-refractivity contribution is 0.295. The molecule has 0 atom stereocenters. The number of nitrogens with one attached hydrogen (secondary N) is 1. The predicted molar refractivity (Wildman–Crippen MR) is 86.6 cm³/mol. The Morgan fingerprint density at radius 1 is 1.24 bits per heavy atom. The summed E-state index contributed by atoms with van der Waals surface area (Å²) in [5, 5.41) is 3.36. The summed E-state index contributed by atoms with van der Waals surface area (Å²) in [5.74, 6) is 1.89. The van der Waals surface area contributed by atoms with E-state index in [9.17, 15) is 0 Å². The Kier molecular flexibility index (Phi) is 7.40. The highest BCUT2D eigenvalue weighted by Crippen LogP contribution is 2.38. The normalized spacial score (nSPS) is 11.7. The first-order chi connectivity index (χ1) is 10.0. The zero-order valence-corrected chi connectivity index (χ0v) is 14.1. The van der Waals surface area contributed by atoms with E-state index in [0.717, 1.165) is 17.7 Å². The van der Waals surface area contributed by atoms with Crippen molar-refractivity contribution in [1.82, 2.24) is 5.32 Å². The van der Waals surface area contributed by atoms with Gasteiger partial charge in [0, 0.05) is 18.1 Å². The second kappa shape index (κ2) is 8.80. The molecule has 5 heteroatoms. The van der Waals surface area contributed by atoms with Crippen LogP contribution in [0.1, 0.15) is 26.3 Å². The van der Waals surface area contributed by atoms with Gasteiger partial charge in [-0.2, -0.15) is 0 Å². The number of hydrogen-bond donors (Lipinski definition) is 1. The molecule has 1 aromatic carbocycles. The van der Waals surface area contributed by atoms with Gasteiger partial charge in [0.25, 0.3) is 0 Å². The number of rotatable bonds is 8. The van der Waals surface area contributed by atoms with Gasteiger partial charge in [-0.3, -0.25) is 0 Å². The van der Waals surface area contributed by atoms with Crippen molar-refractivity contribution >= 4 is 11.6 Å². The van der Waals surface area contributed by atoms with Gasteiger partial charge in [0.1, 0.15) is 6.61 Å². The fourth-order valence-corrected chi connectivity index (χ4v) is 1.78. The SMILES string of the molecule is COc1cc(CNC(C)C)cc(OC)c1OC/C(C)=C/Cl. The van der Waals surface area contributed by atoms with Crippen molar-refractivity contribution in [3.05, 3.63) is 28.8 Å². The van der Waals surface area contributed by atoms with E-state index < -0.39 is 0 Å². The number of methoxy groups -OCH3 is 2. The van der Waals surface area contributed by atoms with E-state index in [-0.39, 0.29) is 0 Å². The lowest BCUT2D eigenvalue weighted by atomic mass is 10.1. The molecule has 0 spiro atoms. The summed E-state index contributed by atoms with van der Waals surface area (Å²) in [6.45, 7) is 7.23. The third-order valence-electron chi connectivity index (χ3n) is 2.87. The van der Waals surface area contributed by atoms with Crippen LogP contribution in [-0.2, 0) is 6.54 Å². The molecule has 1 N–H and O–H groups in total. The predicted octanol–water partition coefficient (Wildman–Crippen LogP) is 3.72. The molecule has 21 heavy (non-hydrogen) atoms. The summed E-state index contributed by atoms with van der Waals surface area (Å²) in [6.07, 6.45) is 0. The van der Waals surface area contributed by atoms with Crippen LogP contribution in [0, 0.1) is 0 Å². The minimum absolute atomic E-state index is 0.389. The Hall–Kier alpha value is -1.39. The van der Waals surface area contributed by atoms with Gasteiger partial charge in [-0.05, 0) is 30.2 Å². The lowest BCUT2D eigenvalue weighted by Crippen LogP contribution is -2.21. The zero-order valence-electron chi connectivity index (χ0n) is 13.3. The van der Waals surface area contributed by atoms with Crippen LogP contribution in [0.25, 0.3) is 0 Å². The van der Waals surface area contributed by atoms with E-state index in [2.05, 4.69) is 19.2 Å². The van der Waals surface area contributed by atoms with Crippen molar-refractivity contribution in [3.8, 4) is 17.2 Å². The fraction of sp³-hybridized carbons (Fsp3) is 0.500. The van der Waals surface area contributed by atoms with Crippen LogP contribution in [0.3, 0.4) is 0 Å². The van der Waals surface area contributed by atoms with E-state index in [1.165, 1.54) is 5.54 Å². The summed E-state index contributed by atoms with van der Waals surface area (Å²) >= 11 is 5.65. The standard InChI is InChI=1S/C16H24ClNO3/c1-11(2)18-9-13-6-14(19-4)16(15(7-13)20-5)21-10-12(3)8-17/h6-8,11,18H,9-10H2,1-5H3/b12-8+. The lowest BCUT2D eigenvalue weighted by Gasteiger charge is -2.17. The molecule has 0 aliphatic carbocycles. The van der Waals surface area contributed by atoms with Gasteiger partial charge in [-0.1, -0.05) is 25.4 Å². The van der Waals surface area contributed by atoms with Crippen LogP contribution in [0.5, 0.6) is 17.2 Å². The minimum atomic E-state index is 0.389. The van der Waals surface area contributed by atoms with Gasteiger partial charge in [-0.15, -0.1) is 0 Å². The molecule has 0 bridgehead atoms. The van der Waals surface area contributed by atoms with Gasteiger partial charge in [0.05, 0.1) is 14.2 Å². The molecule has 0 aliphatic heterocycles. The van der Waals surface area contributed by atoms with Crippen LogP contribution in [-0.4, -0.2) is 26.9 Å². The largest absolute Gasteiger partial charge is 0.493 e. The van der Waals surface area contributed by atoms with Crippen LogP contribution >= 0.6 is 11.6 Å². The number of ether oxygens (including phenoxy) is 3. The van der Waals surface area contributed by atoms with Crippen LogP contribution in [0.2, 0.25) is 0 Å². The molecule has 0 saturated heterocycles. The van der Waals surface area contributed by atoms with Gasteiger partial charge >= 0.3 is 0 Å². The van der Waals surface area contributed by atoms with E-state index >= 15 is 0 Å². The minimum Gasteiger partial charge on any atom is -0.493 e. The monoisotopic (exact) mass is 313 g/mol. The molecular weight excluding hydrogens is 290 g/mol. The first-order valence-corrected chi connectivity index (χ1v) is 7.32. The van der Waals surface area contributed by atoms with Crippen molar-refractivity contribution in [3.63, 3.8) is 0 Å². The summed E-state index contributed by atoms with van der Waals surface area (Å²) in [7, 11) is 3.23. The summed E-state index contributed by atoms with van der Waals surface area (Å²) in [5.41, 5.74) is 3.50. The topological polar surface area (TPSA) is 39.7 Å². The van der Waals surface area contributed by atoms with Crippen molar-refractivity contribution in [2.45, 2.75) is 33.4 Å². The maximum Gasteiger partial charge on any atom is 0.203 e. The molecule has 1 aromatic rings. The highest BCUT2D eigenvalue weighted by molar-refractivity contribution is 6.25. The third kappa shape index (κ3) is 5.48. The number of halogens is 1. The van der Waals surface area contributed by atoms with E-state index in [0.29, 0.717) is 29.9 Å². The molecule has 0 fully saturated rings. The van der Waals surface area contributed by atoms with Crippen LogP contribution in [0.4, 0.5) is 0 Å². The van der Waals surface area contributed by atoms with Gasteiger partial charge in [-0.25, -0.2) is 0 Å². The fourth-order valence-electron chi connectivity index (χ4n) is 1.72. The molecule has 0 amide bonds. The maximum atomic E-state index is 5.76. The Balaban J connectivity index is 3.00. The average molecular weight is 314 g/mol. The van der Waals surface area contributed by atoms with Crippen LogP contribution < -0.4 is 19.5 Å². The second-order valence-electron chi connectivity index (χ2n) is 5.11. The van der Waals surface area contributed by atoms with Gasteiger partial charge < -0.3 is 19.5 Å². The highest BCUT2D eigenvalue weighted by Gasteiger charge is 2.14. The molecule has 0 radical (unpaired) electrons. The van der Waals surface area contributed by atoms with E-state index in [1.807, 2.05) is 19.1 Å². The van der Waals surface area contributed by atoms with Crippen molar-refractivity contribution in [2.75, 3.05) is 20.8 Å². The maximum absolute atomic E-state index is 5.76. The Morgan fingerprint density at radius 3 is 2.24 bits per heavy atom. The number of benzene rings is 1. The van der Waals surface area contributed by atoms with Crippen molar-refractivity contribution in [1.29, 1.82) is 0 Å². The molecule has 1 rings (SSSR count). The van der Waals surface area contributed by atoms with Crippen molar-refractivity contribution in [2.24, 2.45) is 0 Å². The third-order valence-corrected chi connectivity index (χ3v) is 3.24. The molecule has 0 aliphatic rings. The van der Waals surface area contributed by atoms with E-state index in [1.54, 1.807) is 14.2 Å². The van der Waals surface area contributed by atoms with Crippen molar-refractivity contribution < 1.29 is 14.2 Å². The first-order valence-electron chi connectivity index (χ1n) is 6.88. The molecule has 4 nitrogen and oxygen atoms in total. The second-order valence-corrected chi connectivity index (χ2v) is 5.33. The van der Waals surface area contributed by atoms with Gasteiger partial charge in [0.15, 0.2) is 11.5 Å². The molecule has 0 heterocycles. The van der Waals surface area contributed by atoms with Gasteiger partial charge in [0.2, 0.25) is 5.75 Å². The Bertz CT molecular complexity index is 461. The molecule has 118 valence electrons. The molecule has 0 saturated carbocycles. The Morgan fingerprint density at radius 2 is 1.81 bits per heavy atom. The van der Waals surface area contributed by atoms with Crippen LogP contribution in [0.15, 0.2) is 23.2 Å². The molecule has 0 unspecified atom stereocenters. The average Bonchev–Trinajstić information content (AvgIpc) is 2.49. The first kappa shape index (κ1) is 17.7. The summed E-state index contributed by atoms with van der Waals surface area (Å²) < 4.78 is 16.6. The number of hydrogen-bond acceptors (Lipinski definition) is 4. The smallest absolute Gasteiger partial charge is 0.203 e.